The maximum Gasteiger partial charge on any atom is 0.307 e. The van der Waals surface area contributed by atoms with Gasteiger partial charge in [-0.15, -0.1) is 0 Å². The van der Waals surface area contributed by atoms with Crippen LogP contribution in [0.2, 0.25) is 0 Å². The number of hydrogen-bond donors (Lipinski definition) is 1. The van der Waals surface area contributed by atoms with Crippen LogP contribution in [0.15, 0.2) is 61.5 Å². The molecular formula is C21H17Br2IN2O4. The monoisotopic (exact) mass is 646 g/mol. The van der Waals surface area contributed by atoms with Crippen molar-refractivity contribution in [3.05, 3.63) is 66.8 Å². The number of hydrogen-bond acceptors (Lipinski definition) is 5. The normalized spacial score (nSPS) is 11.1. The number of nitrogens with zero attached hydrogens (tertiary/aromatic N) is 1. The molecule has 0 radical (unpaired) electrons. The van der Waals surface area contributed by atoms with Gasteiger partial charge in [-0.3, -0.25) is 4.79 Å². The minimum atomic E-state index is -0.448. The number of furan rings is 1. The standard InChI is InChI=1S/C21H17Br2IN2O4/c1-3-5-29-20-16(24)6-12(7-17(20)28-4-2)11-25-26-21(27)18-9-13-8-14(22)10-15(23)19(13)30-18/h3,6-11H,1,4-5H2,2H3,(H,26,27)/b25-11-. The van der Waals surface area contributed by atoms with E-state index in [2.05, 4.69) is 71.6 Å². The van der Waals surface area contributed by atoms with Crippen LogP contribution < -0.4 is 14.9 Å². The molecule has 1 N–H and O–H groups in total. The van der Waals surface area contributed by atoms with Crippen LogP contribution in [0.1, 0.15) is 23.0 Å². The predicted molar refractivity (Wildman–Crippen MR) is 133 cm³/mol. The van der Waals surface area contributed by atoms with E-state index in [0.717, 1.165) is 23.5 Å². The molecule has 9 heteroatoms. The van der Waals surface area contributed by atoms with E-state index >= 15 is 0 Å². The van der Waals surface area contributed by atoms with Gasteiger partial charge < -0.3 is 13.9 Å². The van der Waals surface area contributed by atoms with Crippen LogP contribution in [0, 0.1) is 3.57 Å². The largest absolute Gasteiger partial charge is 0.490 e. The smallest absolute Gasteiger partial charge is 0.307 e. The van der Waals surface area contributed by atoms with Crippen LogP contribution in [0.25, 0.3) is 11.0 Å². The van der Waals surface area contributed by atoms with Crippen molar-refractivity contribution < 1.29 is 18.7 Å². The molecule has 1 amide bonds. The fourth-order valence-electron chi connectivity index (χ4n) is 2.62. The van der Waals surface area contributed by atoms with E-state index in [9.17, 15) is 4.79 Å². The van der Waals surface area contributed by atoms with Gasteiger partial charge in [-0.05, 0) is 81.3 Å². The highest BCUT2D eigenvalue weighted by molar-refractivity contribution is 14.1. The van der Waals surface area contributed by atoms with Crippen LogP contribution in [0.4, 0.5) is 0 Å². The van der Waals surface area contributed by atoms with E-state index in [1.54, 1.807) is 18.2 Å². The van der Waals surface area contributed by atoms with Crippen molar-refractivity contribution in [1.29, 1.82) is 0 Å². The highest BCUT2D eigenvalue weighted by Gasteiger charge is 2.15. The molecule has 3 aromatic rings. The molecule has 0 spiro atoms. The van der Waals surface area contributed by atoms with Gasteiger partial charge in [0.25, 0.3) is 0 Å². The summed E-state index contributed by atoms with van der Waals surface area (Å²) < 4.78 is 19.5. The highest BCUT2D eigenvalue weighted by Crippen LogP contribution is 2.34. The molecule has 0 saturated carbocycles. The SMILES string of the molecule is C=CCOc1c(I)cc(/C=N\NC(=O)c2cc3cc(Br)cc(Br)c3o2)cc1OCC. The first-order chi connectivity index (χ1) is 14.4. The minimum Gasteiger partial charge on any atom is -0.490 e. The molecule has 156 valence electrons. The van der Waals surface area contributed by atoms with Crippen molar-refractivity contribution in [2.45, 2.75) is 6.92 Å². The first-order valence-corrected chi connectivity index (χ1v) is 11.5. The summed E-state index contributed by atoms with van der Waals surface area (Å²) in [6.45, 7) is 6.43. The molecule has 0 unspecified atom stereocenters. The zero-order valence-electron chi connectivity index (χ0n) is 15.9. The summed E-state index contributed by atoms with van der Waals surface area (Å²) >= 11 is 9.01. The third-order valence-corrected chi connectivity index (χ3v) is 5.66. The molecule has 6 nitrogen and oxygen atoms in total. The van der Waals surface area contributed by atoms with Gasteiger partial charge in [-0.2, -0.15) is 5.10 Å². The lowest BCUT2D eigenvalue weighted by molar-refractivity contribution is 0.0929. The third kappa shape index (κ3) is 5.44. The average Bonchev–Trinajstić information content (AvgIpc) is 3.12. The van der Waals surface area contributed by atoms with Gasteiger partial charge in [-0.1, -0.05) is 28.6 Å². The number of carbonyl (C=O) groups excluding carboxylic acids is 1. The summed E-state index contributed by atoms with van der Waals surface area (Å²) in [5.41, 5.74) is 3.83. The van der Waals surface area contributed by atoms with E-state index in [1.165, 1.54) is 6.21 Å². The van der Waals surface area contributed by atoms with E-state index in [0.29, 0.717) is 30.3 Å². The Morgan fingerprint density at radius 3 is 2.80 bits per heavy atom. The molecule has 0 aliphatic rings. The van der Waals surface area contributed by atoms with Crippen LogP contribution in [0.3, 0.4) is 0 Å². The Morgan fingerprint density at radius 2 is 2.07 bits per heavy atom. The zero-order valence-corrected chi connectivity index (χ0v) is 21.2. The summed E-state index contributed by atoms with van der Waals surface area (Å²) in [7, 11) is 0. The van der Waals surface area contributed by atoms with Gasteiger partial charge in [0.15, 0.2) is 17.3 Å². The lowest BCUT2D eigenvalue weighted by atomic mass is 10.2. The Morgan fingerprint density at radius 1 is 1.27 bits per heavy atom. The minimum absolute atomic E-state index is 0.165. The summed E-state index contributed by atoms with van der Waals surface area (Å²) in [6, 6.07) is 9.07. The summed E-state index contributed by atoms with van der Waals surface area (Å²) in [4.78, 5) is 12.4. The number of rotatable bonds is 8. The second-order valence-corrected chi connectivity index (χ2v) is 8.91. The number of ether oxygens (including phenoxy) is 2. The number of hydrazone groups is 1. The third-order valence-electron chi connectivity index (χ3n) is 3.82. The van der Waals surface area contributed by atoms with Crippen LogP contribution in [0.5, 0.6) is 11.5 Å². The second kappa shape index (κ2) is 10.5. The van der Waals surface area contributed by atoms with Gasteiger partial charge >= 0.3 is 5.91 Å². The number of benzene rings is 2. The van der Waals surface area contributed by atoms with Gasteiger partial charge in [0, 0.05) is 9.86 Å². The molecule has 0 fully saturated rings. The maximum absolute atomic E-state index is 12.4. The van der Waals surface area contributed by atoms with Gasteiger partial charge in [0.2, 0.25) is 0 Å². The highest BCUT2D eigenvalue weighted by atomic mass is 127. The molecule has 0 aliphatic carbocycles. The molecule has 2 aromatic carbocycles. The molecule has 1 aromatic heterocycles. The second-order valence-electron chi connectivity index (χ2n) is 5.98. The quantitative estimate of drug-likeness (QED) is 0.135. The average molecular weight is 648 g/mol. The first-order valence-electron chi connectivity index (χ1n) is 8.85. The van der Waals surface area contributed by atoms with Crippen LogP contribution >= 0.6 is 54.5 Å². The molecule has 30 heavy (non-hydrogen) atoms. The Balaban J connectivity index is 1.76. The number of halogens is 3. The Labute approximate surface area is 204 Å². The van der Waals surface area contributed by atoms with Crippen molar-refractivity contribution in [2.24, 2.45) is 5.10 Å². The van der Waals surface area contributed by atoms with Gasteiger partial charge in [0.05, 0.1) is 20.9 Å². The molecule has 1 heterocycles. The lowest BCUT2D eigenvalue weighted by Crippen LogP contribution is -2.16. The molecular weight excluding hydrogens is 631 g/mol. The zero-order chi connectivity index (χ0) is 21.7. The lowest BCUT2D eigenvalue weighted by Gasteiger charge is -2.13. The van der Waals surface area contributed by atoms with Crippen molar-refractivity contribution in [3.63, 3.8) is 0 Å². The molecule has 0 saturated heterocycles. The Hall–Kier alpha value is -1.85. The van der Waals surface area contributed by atoms with E-state index in [1.807, 2.05) is 25.1 Å². The molecule has 0 bridgehead atoms. The molecule has 0 atom stereocenters. The Kier molecular flexibility index (Phi) is 7.95. The first kappa shape index (κ1) is 22.8. The van der Waals surface area contributed by atoms with E-state index < -0.39 is 5.91 Å². The summed E-state index contributed by atoms with van der Waals surface area (Å²) in [5.74, 6) is 0.971. The van der Waals surface area contributed by atoms with Crippen molar-refractivity contribution >= 4 is 77.5 Å². The van der Waals surface area contributed by atoms with Crippen molar-refractivity contribution in [3.8, 4) is 11.5 Å². The topological polar surface area (TPSA) is 73.1 Å². The maximum atomic E-state index is 12.4. The fraction of sp³-hybridized carbons (Fsp3) is 0.143. The fourth-order valence-corrected chi connectivity index (χ4v) is 4.74. The number of nitrogens with one attached hydrogen (secondary N) is 1. The number of fused-ring (bicyclic) bond motifs is 1. The number of amides is 1. The van der Waals surface area contributed by atoms with Gasteiger partial charge in [-0.25, -0.2) is 5.43 Å². The predicted octanol–water partition coefficient (Wildman–Crippen LogP) is 6.29. The van der Waals surface area contributed by atoms with Crippen LogP contribution in [-0.2, 0) is 0 Å². The van der Waals surface area contributed by atoms with Crippen molar-refractivity contribution in [2.75, 3.05) is 13.2 Å². The molecule has 3 rings (SSSR count). The summed E-state index contributed by atoms with van der Waals surface area (Å²) in [6.07, 6.45) is 3.21. The number of carbonyl (C=O) groups is 1. The van der Waals surface area contributed by atoms with Crippen LogP contribution in [-0.4, -0.2) is 25.3 Å². The van der Waals surface area contributed by atoms with Gasteiger partial charge in [0.1, 0.15) is 12.2 Å². The Bertz CT molecular complexity index is 1130. The van der Waals surface area contributed by atoms with E-state index in [-0.39, 0.29) is 5.76 Å². The van der Waals surface area contributed by atoms with E-state index in [4.69, 9.17) is 13.9 Å². The summed E-state index contributed by atoms with van der Waals surface area (Å²) in [5, 5.41) is 4.84. The van der Waals surface area contributed by atoms with Crippen molar-refractivity contribution in [1.82, 2.24) is 5.43 Å². The molecule has 0 aliphatic heterocycles.